The Labute approximate surface area is 117 Å². The Morgan fingerprint density at radius 3 is 2.58 bits per heavy atom. The number of likely N-dealkylation sites (tertiary alicyclic amines) is 1. The molecule has 0 saturated carbocycles. The molecule has 1 N–H and O–H groups in total. The predicted molar refractivity (Wildman–Crippen MR) is 80.4 cm³/mol. The normalized spacial score (nSPS) is 29.2. The van der Waals surface area contributed by atoms with Gasteiger partial charge in [-0.2, -0.15) is 0 Å². The van der Waals surface area contributed by atoms with Gasteiger partial charge < -0.3 is 5.32 Å². The van der Waals surface area contributed by atoms with Crippen molar-refractivity contribution < 1.29 is 0 Å². The van der Waals surface area contributed by atoms with Crippen molar-refractivity contribution in [3.8, 4) is 0 Å². The van der Waals surface area contributed by atoms with Gasteiger partial charge in [-0.15, -0.1) is 0 Å². The number of benzene rings is 1. The number of piperidine rings is 1. The first-order valence-corrected chi connectivity index (χ1v) is 7.69. The summed E-state index contributed by atoms with van der Waals surface area (Å²) in [6.45, 7) is 10.5. The van der Waals surface area contributed by atoms with Crippen LogP contribution in [0, 0.1) is 19.8 Å². The first kappa shape index (κ1) is 13.1. The molecule has 3 unspecified atom stereocenters. The van der Waals surface area contributed by atoms with Crippen LogP contribution in [0.3, 0.4) is 0 Å². The molecule has 2 fully saturated rings. The van der Waals surface area contributed by atoms with Gasteiger partial charge in [-0.05, 0) is 51.6 Å². The van der Waals surface area contributed by atoms with Gasteiger partial charge in [0, 0.05) is 25.2 Å². The lowest BCUT2D eigenvalue weighted by atomic mass is 9.94. The predicted octanol–water partition coefficient (Wildman–Crippen LogP) is 3.05. The summed E-state index contributed by atoms with van der Waals surface area (Å²) in [6, 6.07) is 8.26. The average Bonchev–Trinajstić information content (AvgIpc) is 2.80. The van der Waals surface area contributed by atoms with E-state index in [0.717, 1.165) is 12.0 Å². The van der Waals surface area contributed by atoms with E-state index in [4.69, 9.17) is 0 Å². The summed E-state index contributed by atoms with van der Waals surface area (Å²) < 4.78 is 0. The van der Waals surface area contributed by atoms with Gasteiger partial charge in [-0.1, -0.05) is 29.3 Å². The van der Waals surface area contributed by atoms with Gasteiger partial charge in [0.2, 0.25) is 0 Å². The summed E-state index contributed by atoms with van der Waals surface area (Å²) in [7, 11) is 0. The molecule has 3 rings (SSSR count). The van der Waals surface area contributed by atoms with Crippen LogP contribution < -0.4 is 5.32 Å². The second-order valence-corrected chi connectivity index (χ2v) is 6.51. The molecule has 3 atom stereocenters. The van der Waals surface area contributed by atoms with Gasteiger partial charge in [0.1, 0.15) is 0 Å². The van der Waals surface area contributed by atoms with E-state index in [9.17, 15) is 0 Å². The van der Waals surface area contributed by atoms with Gasteiger partial charge in [-0.3, -0.25) is 4.90 Å². The van der Waals surface area contributed by atoms with Crippen molar-refractivity contribution in [2.75, 3.05) is 19.6 Å². The van der Waals surface area contributed by atoms with Crippen molar-refractivity contribution in [3.63, 3.8) is 0 Å². The van der Waals surface area contributed by atoms with Crippen molar-refractivity contribution >= 4 is 0 Å². The minimum atomic E-state index is 0.547. The van der Waals surface area contributed by atoms with Crippen LogP contribution in [-0.2, 0) is 0 Å². The van der Waals surface area contributed by atoms with Crippen LogP contribution in [-0.4, -0.2) is 30.6 Å². The molecule has 1 aromatic carbocycles. The van der Waals surface area contributed by atoms with E-state index in [1.54, 1.807) is 0 Å². The smallest absolute Gasteiger partial charge is 0.0320 e. The fourth-order valence-electron chi connectivity index (χ4n) is 3.86. The van der Waals surface area contributed by atoms with Crippen LogP contribution in [0.15, 0.2) is 18.2 Å². The van der Waals surface area contributed by atoms with Gasteiger partial charge in [-0.25, -0.2) is 0 Å². The first-order chi connectivity index (χ1) is 9.13. The second kappa shape index (κ2) is 5.26. The van der Waals surface area contributed by atoms with E-state index in [1.165, 1.54) is 49.2 Å². The molecular weight excluding hydrogens is 232 g/mol. The van der Waals surface area contributed by atoms with Crippen molar-refractivity contribution in [2.45, 2.75) is 45.7 Å². The number of hydrogen-bond acceptors (Lipinski definition) is 2. The SMILES string of the molecule is Cc1cc(C)cc(C(C)N2CC3CCCNC3C2)c1. The molecule has 2 aliphatic heterocycles. The summed E-state index contributed by atoms with van der Waals surface area (Å²) in [4.78, 5) is 2.67. The fraction of sp³-hybridized carbons (Fsp3) is 0.647. The Hall–Kier alpha value is -0.860. The van der Waals surface area contributed by atoms with Gasteiger partial charge in [0.15, 0.2) is 0 Å². The molecule has 2 nitrogen and oxygen atoms in total. The van der Waals surface area contributed by atoms with E-state index in [1.807, 2.05) is 0 Å². The molecule has 0 aromatic heterocycles. The van der Waals surface area contributed by atoms with Crippen molar-refractivity contribution in [1.29, 1.82) is 0 Å². The Kier molecular flexibility index (Phi) is 3.64. The molecule has 2 heteroatoms. The number of hydrogen-bond donors (Lipinski definition) is 1. The van der Waals surface area contributed by atoms with Crippen molar-refractivity contribution in [3.05, 3.63) is 34.9 Å². The summed E-state index contributed by atoms with van der Waals surface area (Å²) in [5.41, 5.74) is 4.25. The summed E-state index contributed by atoms with van der Waals surface area (Å²) >= 11 is 0. The number of fused-ring (bicyclic) bond motifs is 1. The molecule has 0 radical (unpaired) electrons. The topological polar surface area (TPSA) is 15.3 Å². The molecule has 0 amide bonds. The second-order valence-electron chi connectivity index (χ2n) is 6.51. The van der Waals surface area contributed by atoms with Crippen LogP contribution in [0.4, 0.5) is 0 Å². The zero-order valence-electron chi connectivity index (χ0n) is 12.4. The van der Waals surface area contributed by atoms with E-state index in [2.05, 4.69) is 49.2 Å². The Balaban J connectivity index is 1.75. The third-order valence-electron chi connectivity index (χ3n) is 4.90. The first-order valence-electron chi connectivity index (χ1n) is 7.69. The highest BCUT2D eigenvalue weighted by Gasteiger charge is 2.36. The van der Waals surface area contributed by atoms with Crippen LogP contribution in [0.2, 0.25) is 0 Å². The third kappa shape index (κ3) is 2.70. The molecule has 0 bridgehead atoms. The lowest BCUT2D eigenvalue weighted by Gasteiger charge is -2.25. The number of nitrogens with zero attached hydrogens (tertiary/aromatic N) is 1. The molecule has 0 spiro atoms. The lowest BCUT2D eigenvalue weighted by Crippen LogP contribution is -2.40. The highest BCUT2D eigenvalue weighted by atomic mass is 15.2. The average molecular weight is 258 g/mol. The highest BCUT2D eigenvalue weighted by molar-refractivity contribution is 5.30. The van der Waals surface area contributed by atoms with Crippen molar-refractivity contribution in [2.24, 2.45) is 5.92 Å². The molecule has 0 aliphatic carbocycles. The van der Waals surface area contributed by atoms with Crippen molar-refractivity contribution in [1.82, 2.24) is 10.2 Å². The van der Waals surface area contributed by atoms with E-state index < -0.39 is 0 Å². The van der Waals surface area contributed by atoms with Gasteiger partial charge in [0.25, 0.3) is 0 Å². The van der Waals surface area contributed by atoms with Crippen LogP contribution >= 0.6 is 0 Å². The Bertz CT molecular complexity index is 420. The maximum Gasteiger partial charge on any atom is 0.0320 e. The zero-order chi connectivity index (χ0) is 13.4. The van der Waals surface area contributed by atoms with E-state index >= 15 is 0 Å². The lowest BCUT2D eigenvalue weighted by molar-refractivity contribution is 0.250. The van der Waals surface area contributed by atoms with Gasteiger partial charge in [0.05, 0.1) is 0 Å². The summed E-state index contributed by atoms with van der Waals surface area (Å²) in [5, 5.41) is 3.70. The van der Waals surface area contributed by atoms with Gasteiger partial charge >= 0.3 is 0 Å². The molecule has 19 heavy (non-hydrogen) atoms. The Morgan fingerprint density at radius 1 is 1.16 bits per heavy atom. The zero-order valence-corrected chi connectivity index (χ0v) is 12.4. The van der Waals surface area contributed by atoms with Crippen LogP contribution in [0.25, 0.3) is 0 Å². The minimum Gasteiger partial charge on any atom is -0.312 e. The maximum absolute atomic E-state index is 3.70. The highest BCUT2D eigenvalue weighted by Crippen LogP contribution is 2.32. The summed E-state index contributed by atoms with van der Waals surface area (Å²) in [6.07, 6.45) is 2.76. The standard InChI is InChI=1S/C17H26N2/c1-12-7-13(2)9-16(8-12)14(3)19-10-15-5-4-6-18-17(15)11-19/h7-9,14-15,17-18H,4-6,10-11H2,1-3H3. The molecule has 2 saturated heterocycles. The van der Waals surface area contributed by atoms with E-state index in [-0.39, 0.29) is 0 Å². The minimum absolute atomic E-state index is 0.547. The maximum atomic E-state index is 3.70. The molecular formula is C17H26N2. The number of rotatable bonds is 2. The van der Waals surface area contributed by atoms with E-state index in [0.29, 0.717) is 6.04 Å². The summed E-state index contributed by atoms with van der Waals surface area (Å²) in [5.74, 6) is 0.877. The molecule has 104 valence electrons. The number of nitrogens with one attached hydrogen (secondary N) is 1. The molecule has 1 aromatic rings. The monoisotopic (exact) mass is 258 g/mol. The Morgan fingerprint density at radius 2 is 1.89 bits per heavy atom. The largest absolute Gasteiger partial charge is 0.312 e. The quantitative estimate of drug-likeness (QED) is 0.877. The molecule has 2 heterocycles. The molecule has 2 aliphatic rings. The third-order valence-corrected chi connectivity index (χ3v) is 4.90. The van der Waals surface area contributed by atoms with Crippen LogP contribution in [0.5, 0.6) is 0 Å². The fourth-order valence-corrected chi connectivity index (χ4v) is 3.86. The number of aryl methyl sites for hydroxylation is 2. The van der Waals surface area contributed by atoms with Crippen LogP contribution in [0.1, 0.15) is 42.5 Å².